The van der Waals surface area contributed by atoms with Crippen LogP contribution < -0.4 is 16.4 Å². The molecule has 140 valence electrons. The maximum absolute atomic E-state index is 12.0. The van der Waals surface area contributed by atoms with Crippen molar-refractivity contribution in [3.05, 3.63) is 0 Å². The standard InChI is InChI=1S/C15H30N4O4S/c1-4-9-24(22,23)19-7-5-12(6-8-19)18-13(20)10-17-15(21)14(16)11(2)3/h11-12,14H,4-10,16H2,1-3H3,(H,17,21)(H,18,20)/t14-/m0/s1. The summed E-state index contributed by atoms with van der Waals surface area (Å²) >= 11 is 0. The van der Waals surface area contributed by atoms with Gasteiger partial charge in [-0.3, -0.25) is 9.59 Å². The van der Waals surface area contributed by atoms with Crippen molar-refractivity contribution >= 4 is 21.8 Å². The van der Waals surface area contributed by atoms with E-state index >= 15 is 0 Å². The number of nitrogens with two attached hydrogens (primary N) is 1. The number of carbonyl (C=O) groups is 2. The maximum atomic E-state index is 12.0. The van der Waals surface area contributed by atoms with Gasteiger partial charge in [-0.1, -0.05) is 20.8 Å². The average molecular weight is 362 g/mol. The number of piperidine rings is 1. The van der Waals surface area contributed by atoms with E-state index in [1.165, 1.54) is 4.31 Å². The van der Waals surface area contributed by atoms with E-state index in [0.717, 1.165) is 0 Å². The molecule has 24 heavy (non-hydrogen) atoms. The molecule has 0 saturated carbocycles. The van der Waals surface area contributed by atoms with Crippen LogP contribution >= 0.6 is 0 Å². The molecule has 8 nitrogen and oxygen atoms in total. The SMILES string of the molecule is CCCS(=O)(=O)N1CCC(NC(=O)CNC(=O)[C@@H](N)C(C)C)CC1. The first-order valence-electron chi connectivity index (χ1n) is 8.47. The average Bonchev–Trinajstić information content (AvgIpc) is 2.52. The minimum Gasteiger partial charge on any atom is -0.352 e. The Bertz CT molecular complexity index is 528. The lowest BCUT2D eigenvalue weighted by atomic mass is 10.1. The van der Waals surface area contributed by atoms with E-state index in [1.54, 1.807) is 0 Å². The van der Waals surface area contributed by atoms with Crippen molar-refractivity contribution in [2.24, 2.45) is 11.7 Å². The largest absolute Gasteiger partial charge is 0.352 e. The number of nitrogens with zero attached hydrogens (tertiary/aromatic N) is 1. The smallest absolute Gasteiger partial charge is 0.239 e. The van der Waals surface area contributed by atoms with Gasteiger partial charge in [-0.2, -0.15) is 0 Å². The van der Waals surface area contributed by atoms with Crippen molar-refractivity contribution in [2.45, 2.75) is 52.1 Å². The molecule has 2 amide bonds. The lowest BCUT2D eigenvalue weighted by Gasteiger charge is -2.31. The number of hydrogen-bond acceptors (Lipinski definition) is 5. The molecule has 1 aliphatic rings. The van der Waals surface area contributed by atoms with Gasteiger partial charge >= 0.3 is 0 Å². The molecule has 0 radical (unpaired) electrons. The number of sulfonamides is 1. The monoisotopic (exact) mass is 362 g/mol. The lowest BCUT2D eigenvalue weighted by molar-refractivity contribution is -0.127. The molecule has 0 aromatic heterocycles. The van der Waals surface area contributed by atoms with E-state index in [4.69, 9.17) is 5.73 Å². The fraction of sp³-hybridized carbons (Fsp3) is 0.867. The van der Waals surface area contributed by atoms with Crippen LogP contribution in [0.4, 0.5) is 0 Å². The number of carbonyl (C=O) groups excluding carboxylic acids is 2. The third kappa shape index (κ3) is 6.37. The second-order valence-corrected chi connectivity index (χ2v) is 8.63. The highest BCUT2D eigenvalue weighted by Crippen LogP contribution is 2.15. The highest BCUT2D eigenvalue weighted by Gasteiger charge is 2.28. The van der Waals surface area contributed by atoms with Crippen LogP contribution in [0.15, 0.2) is 0 Å². The molecule has 0 spiro atoms. The Kier molecular flexibility index (Phi) is 8.11. The Morgan fingerprint density at radius 2 is 1.83 bits per heavy atom. The van der Waals surface area contributed by atoms with Gasteiger partial charge in [-0.15, -0.1) is 0 Å². The van der Waals surface area contributed by atoms with E-state index in [2.05, 4.69) is 10.6 Å². The summed E-state index contributed by atoms with van der Waals surface area (Å²) < 4.78 is 25.5. The molecule has 1 aliphatic heterocycles. The molecule has 0 bridgehead atoms. The van der Waals surface area contributed by atoms with Gasteiger partial charge in [0.1, 0.15) is 0 Å². The van der Waals surface area contributed by atoms with Crippen LogP contribution in [0.2, 0.25) is 0 Å². The Balaban J connectivity index is 2.34. The molecular weight excluding hydrogens is 332 g/mol. The predicted octanol–water partition coefficient (Wildman–Crippen LogP) is -0.594. The molecule has 1 heterocycles. The number of rotatable bonds is 8. The first-order valence-corrected chi connectivity index (χ1v) is 10.1. The highest BCUT2D eigenvalue weighted by atomic mass is 32.2. The van der Waals surface area contributed by atoms with Crippen LogP contribution in [0.25, 0.3) is 0 Å². The van der Waals surface area contributed by atoms with Crippen molar-refractivity contribution in [1.29, 1.82) is 0 Å². The molecule has 0 aromatic rings. The molecule has 1 atom stereocenters. The summed E-state index contributed by atoms with van der Waals surface area (Å²) in [5.74, 6) is -0.469. The summed E-state index contributed by atoms with van der Waals surface area (Å²) in [6, 6.07) is -0.703. The van der Waals surface area contributed by atoms with Gasteiger partial charge in [0.2, 0.25) is 21.8 Å². The van der Waals surface area contributed by atoms with Gasteiger partial charge in [0.05, 0.1) is 18.3 Å². The van der Waals surface area contributed by atoms with Gasteiger partial charge in [0, 0.05) is 19.1 Å². The second-order valence-electron chi connectivity index (χ2n) is 6.54. The molecule has 4 N–H and O–H groups in total. The summed E-state index contributed by atoms with van der Waals surface area (Å²) in [4.78, 5) is 23.6. The fourth-order valence-electron chi connectivity index (χ4n) is 2.53. The summed E-state index contributed by atoms with van der Waals surface area (Å²) in [6.45, 7) is 6.22. The van der Waals surface area contributed by atoms with E-state index in [-0.39, 0.29) is 36.1 Å². The normalized spacial score (nSPS) is 18.4. The third-order valence-corrected chi connectivity index (χ3v) is 6.19. The minimum absolute atomic E-state index is 0.00228. The van der Waals surface area contributed by atoms with Crippen molar-refractivity contribution < 1.29 is 18.0 Å². The van der Waals surface area contributed by atoms with Crippen LogP contribution in [0.5, 0.6) is 0 Å². The summed E-state index contributed by atoms with van der Waals surface area (Å²) in [6.07, 6.45) is 1.75. The zero-order valence-corrected chi connectivity index (χ0v) is 15.6. The Morgan fingerprint density at radius 3 is 2.33 bits per heavy atom. The lowest BCUT2D eigenvalue weighted by Crippen LogP contribution is -2.51. The van der Waals surface area contributed by atoms with Crippen molar-refractivity contribution in [2.75, 3.05) is 25.4 Å². The Labute approximate surface area is 144 Å². The third-order valence-electron chi connectivity index (χ3n) is 4.12. The zero-order chi connectivity index (χ0) is 18.3. The highest BCUT2D eigenvalue weighted by molar-refractivity contribution is 7.89. The molecule has 0 aliphatic carbocycles. The van der Waals surface area contributed by atoms with Crippen molar-refractivity contribution in [1.82, 2.24) is 14.9 Å². The Hall–Kier alpha value is -1.19. The molecule has 0 unspecified atom stereocenters. The van der Waals surface area contributed by atoms with Gasteiger partial charge in [0.25, 0.3) is 0 Å². The van der Waals surface area contributed by atoms with Crippen LogP contribution in [0, 0.1) is 5.92 Å². The van der Waals surface area contributed by atoms with E-state index < -0.39 is 16.1 Å². The van der Waals surface area contributed by atoms with Crippen molar-refractivity contribution in [3.8, 4) is 0 Å². The zero-order valence-electron chi connectivity index (χ0n) is 14.7. The first-order chi connectivity index (χ1) is 11.2. The molecule has 1 saturated heterocycles. The van der Waals surface area contributed by atoms with Gasteiger partial charge in [-0.05, 0) is 25.2 Å². The molecule has 0 aromatic carbocycles. The van der Waals surface area contributed by atoms with E-state index in [9.17, 15) is 18.0 Å². The minimum atomic E-state index is -3.17. The molecular formula is C15H30N4O4S. The van der Waals surface area contributed by atoms with E-state index in [1.807, 2.05) is 20.8 Å². The fourth-order valence-corrected chi connectivity index (χ4v) is 4.07. The summed E-state index contributed by atoms with van der Waals surface area (Å²) in [5, 5.41) is 5.35. The number of hydrogen-bond donors (Lipinski definition) is 3. The second kappa shape index (κ2) is 9.33. The van der Waals surface area contributed by atoms with Gasteiger partial charge < -0.3 is 16.4 Å². The maximum Gasteiger partial charge on any atom is 0.239 e. The number of amides is 2. The molecule has 1 fully saturated rings. The van der Waals surface area contributed by atoms with Crippen LogP contribution in [-0.4, -0.2) is 62.0 Å². The Morgan fingerprint density at radius 1 is 1.25 bits per heavy atom. The topological polar surface area (TPSA) is 122 Å². The summed E-state index contributed by atoms with van der Waals surface area (Å²) in [7, 11) is -3.17. The summed E-state index contributed by atoms with van der Waals surface area (Å²) in [5.41, 5.74) is 5.70. The first kappa shape index (κ1) is 20.9. The molecule has 1 rings (SSSR count). The van der Waals surface area contributed by atoms with Crippen LogP contribution in [0.1, 0.15) is 40.0 Å². The van der Waals surface area contributed by atoms with Crippen LogP contribution in [-0.2, 0) is 19.6 Å². The van der Waals surface area contributed by atoms with E-state index in [0.29, 0.717) is 32.4 Å². The molecule has 9 heteroatoms. The van der Waals surface area contributed by atoms with Gasteiger partial charge in [0.15, 0.2) is 0 Å². The van der Waals surface area contributed by atoms with Crippen LogP contribution in [0.3, 0.4) is 0 Å². The van der Waals surface area contributed by atoms with Gasteiger partial charge in [-0.25, -0.2) is 12.7 Å². The predicted molar refractivity (Wildman–Crippen MR) is 92.6 cm³/mol. The number of nitrogens with one attached hydrogen (secondary N) is 2. The quantitative estimate of drug-likeness (QED) is 0.533. The van der Waals surface area contributed by atoms with Crippen molar-refractivity contribution in [3.63, 3.8) is 0 Å².